The molecule has 2 fully saturated rings. The van der Waals surface area contributed by atoms with Crippen molar-refractivity contribution in [1.29, 1.82) is 0 Å². The fourth-order valence-corrected chi connectivity index (χ4v) is 3.71. The van der Waals surface area contributed by atoms with Crippen LogP contribution in [0.4, 0.5) is 4.79 Å². The molecular formula is C16H28N2O3. The second-order valence-corrected chi connectivity index (χ2v) is 7.22. The topological polar surface area (TPSA) is 69.6 Å². The normalized spacial score (nSPS) is 20.5. The molecule has 5 heteroatoms. The number of hydrogen-bond acceptors (Lipinski definition) is 2. The lowest BCUT2D eigenvalue weighted by Crippen LogP contribution is -2.47. The first kappa shape index (κ1) is 16.1. The maximum absolute atomic E-state index is 12.3. The highest BCUT2D eigenvalue weighted by molar-refractivity contribution is 5.80. The second kappa shape index (κ2) is 6.67. The van der Waals surface area contributed by atoms with Crippen molar-refractivity contribution in [2.45, 2.75) is 64.8 Å². The molecule has 0 atom stereocenters. The number of aliphatic carboxylic acids is 1. The largest absolute Gasteiger partial charge is 0.480 e. The molecule has 0 aliphatic heterocycles. The number of nitrogens with zero attached hydrogens (tertiary/aromatic N) is 1. The molecule has 5 nitrogen and oxygen atoms in total. The molecule has 0 heterocycles. The van der Waals surface area contributed by atoms with Gasteiger partial charge in [-0.2, -0.15) is 0 Å². The SMILES string of the molecule is CC(C)CC1(CNC(=O)N(CC(=O)O)C2CC2)CCCC1. The third kappa shape index (κ3) is 4.61. The van der Waals surface area contributed by atoms with Crippen LogP contribution >= 0.6 is 0 Å². The molecule has 2 saturated carbocycles. The Morgan fingerprint density at radius 1 is 1.29 bits per heavy atom. The zero-order valence-corrected chi connectivity index (χ0v) is 13.2. The molecule has 0 saturated heterocycles. The van der Waals surface area contributed by atoms with Gasteiger partial charge in [0, 0.05) is 12.6 Å². The van der Waals surface area contributed by atoms with Crippen LogP contribution in [0.3, 0.4) is 0 Å². The summed E-state index contributed by atoms with van der Waals surface area (Å²) in [6.07, 6.45) is 7.82. The summed E-state index contributed by atoms with van der Waals surface area (Å²) in [5, 5.41) is 12.0. The fourth-order valence-electron chi connectivity index (χ4n) is 3.71. The van der Waals surface area contributed by atoms with Gasteiger partial charge in [-0.15, -0.1) is 0 Å². The lowest BCUT2D eigenvalue weighted by atomic mass is 9.78. The van der Waals surface area contributed by atoms with Gasteiger partial charge in [0.2, 0.25) is 0 Å². The lowest BCUT2D eigenvalue weighted by Gasteiger charge is -2.32. The van der Waals surface area contributed by atoms with Crippen molar-refractivity contribution < 1.29 is 14.7 Å². The van der Waals surface area contributed by atoms with Crippen molar-refractivity contribution in [3.05, 3.63) is 0 Å². The van der Waals surface area contributed by atoms with E-state index in [1.807, 2.05) is 0 Å². The van der Waals surface area contributed by atoms with Gasteiger partial charge in [0.05, 0.1) is 0 Å². The van der Waals surface area contributed by atoms with Crippen LogP contribution in [0.25, 0.3) is 0 Å². The Hall–Kier alpha value is -1.26. The maximum Gasteiger partial charge on any atom is 0.323 e. The molecule has 2 N–H and O–H groups in total. The lowest BCUT2D eigenvalue weighted by molar-refractivity contribution is -0.137. The highest BCUT2D eigenvalue weighted by Gasteiger charge is 2.37. The van der Waals surface area contributed by atoms with Crippen LogP contribution in [-0.4, -0.2) is 41.1 Å². The molecule has 120 valence electrons. The van der Waals surface area contributed by atoms with Gasteiger partial charge in [-0.1, -0.05) is 26.7 Å². The molecule has 0 radical (unpaired) electrons. The van der Waals surface area contributed by atoms with Crippen molar-refractivity contribution in [2.75, 3.05) is 13.1 Å². The minimum absolute atomic E-state index is 0.130. The Bertz CT molecular complexity index is 385. The van der Waals surface area contributed by atoms with Crippen molar-refractivity contribution in [2.24, 2.45) is 11.3 Å². The van der Waals surface area contributed by atoms with Crippen LogP contribution in [-0.2, 0) is 4.79 Å². The third-order valence-electron chi connectivity index (χ3n) is 4.67. The number of carbonyl (C=O) groups is 2. The Morgan fingerprint density at radius 2 is 1.90 bits per heavy atom. The minimum Gasteiger partial charge on any atom is -0.480 e. The number of carboxylic acids is 1. The molecule has 0 unspecified atom stereocenters. The maximum atomic E-state index is 12.3. The predicted molar refractivity (Wildman–Crippen MR) is 81.1 cm³/mol. The molecule has 0 aromatic carbocycles. The summed E-state index contributed by atoms with van der Waals surface area (Å²) >= 11 is 0. The number of urea groups is 1. The van der Waals surface area contributed by atoms with E-state index in [9.17, 15) is 9.59 Å². The number of carbonyl (C=O) groups excluding carboxylic acids is 1. The van der Waals surface area contributed by atoms with Crippen LogP contribution in [0.2, 0.25) is 0 Å². The third-order valence-corrected chi connectivity index (χ3v) is 4.67. The van der Waals surface area contributed by atoms with Gasteiger partial charge in [-0.3, -0.25) is 4.79 Å². The van der Waals surface area contributed by atoms with E-state index >= 15 is 0 Å². The Labute approximate surface area is 127 Å². The smallest absolute Gasteiger partial charge is 0.323 e. The molecule has 0 aromatic rings. The summed E-state index contributed by atoms with van der Waals surface area (Å²) in [5.74, 6) is -0.312. The van der Waals surface area contributed by atoms with E-state index in [0.29, 0.717) is 12.5 Å². The number of amides is 2. The first-order chi connectivity index (χ1) is 9.92. The molecular weight excluding hydrogens is 268 g/mol. The quantitative estimate of drug-likeness (QED) is 0.759. The fraction of sp³-hybridized carbons (Fsp3) is 0.875. The summed E-state index contributed by atoms with van der Waals surface area (Å²) in [6, 6.07) is -0.0688. The van der Waals surface area contributed by atoms with Gasteiger partial charge in [-0.25, -0.2) is 4.79 Å². The molecule has 0 bridgehead atoms. The standard InChI is InChI=1S/C16H28N2O3/c1-12(2)9-16(7-3-4-8-16)11-17-15(21)18(10-14(19)20)13-5-6-13/h12-13H,3-11H2,1-2H3,(H,17,21)(H,19,20). The van der Waals surface area contributed by atoms with Crippen molar-refractivity contribution >= 4 is 12.0 Å². The summed E-state index contributed by atoms with van der Waals surface area (Å²) in [5.41, 5.74) is 0.224. The Kier molecular flexibility index (Phi) is 5.12. The average molecular weight is 296 g/mol. The van der Waals surface area contributed by atoms with Gasteiger partial charge in [-0.05, 0) is 43.4 Å². The summed E-state index contributed by atoms with van der Waals surface area (Å²) in [6.45, 7) is 4.95. The molecule has 2 aliphatic rings. The van der Waals surface area contributed by atoms with Crippen LogP contribution in [0.1, 0.15) is 58.8 Å². The van der Waals surface area contributed by atoms with Gasteiger partial charge >= 0.3 is 12.0 Å². The van der Waals surface area contributed by atoms with E-state index in [2.05, 4.69) is 19.2 Å². The number of nitrogens with one attached hydrogen (secondary N) is 1. The first-order valence-electron chi connectivity index (χ1n) is 8.18. The average Bonchev–Trinajstić information content (AvgIpc) is 3.14. The van der Waals surface area contributed by atoms with Crippen LogP contribution in [0.5, 0.6) is 0 Å². The van der Waals surface area contributed by atoms with E-state index in [0.717, 1.165) is 19.3 Å². The van der Waals surface area contributed by atoms with Gasteiger partial charge < -0.3 is 15.3 Å². The zero-order valence-electron chi connectivity index (χ0n) is 13.2. The van der Waals surface area contributed by atoms with E-state index in [1.54, 1.807) is 0 Å². The van der Waals surface area contributed by atoms with Crippen molar-refractivity contribution in [3.8, 4) is 0 Å². The summed E-state index contributed by atoms with van der Waals surface area (Å²) in [7, 11) is 0. The summed E-state index contributed by atoms with van der Waals surface area (Å²) < 4.78 is 0. The van der Waals surface area contributed by atoms with E-state index < -0.39 is 5.97 Å². The van der Waals surface area contributed by atoms with E-state index in [-0.39, 0.29) is 24.0 Å². The first-order valence-corrected chi connectivity index (χ1v) is 8.18. The Morgan fingerprint density at radius 3 is 2.38 bits per heavy atom. The number of hydrogen-bond donors (Lipinski definition) is 2. The number of carboxylic acid groups (broad SMARTS) is 1. The van der Waals surface area contributed by atoms with E-state index in [1.165, 1.54) is 30.6 Å². The zero-order chi connectivity index (χ0) is 15.5. The molecule has 21 heavy (non-hydrogen) atoms. The van der Waals surface area contributed by atoms with Crippen molar-refractivity contribution in [1.82, 2.24) is 10.2 Å². The van der Waals surface area contributed by atoms with Gasteiger partial charge in [0.1, 0.15) is 6.54 Å². The predicted octanol–water partition coefficient (Wildman–Crippen LogP) is 2.85. The molecule has 0 spiro atoms. The van der Waals surface area contributed by atoms with Gasteiger partial charge in [0.15, 0.2) is 0 Å². The molecule has 2 rings (SSSR count). The monoisotopic (exact) mass is 296 g/mol. The highest BCUT2D eigenvalue weighted by Crippen LogP contribution is 2.42. The van der Waals surface area contributed by atoms with Crippen LogP contribution < -0.4 is 5.32 Å². The molecule has 2 aliphatic carbocycles. The van der Waals surface area contributed by atoms with Crippen LogP contribution in [0, 0.1) is 11.3 Å². The number of rotatable bonds is 7. The molecule has 0 aromatic heterocycles. The Balaban J connectivity index is 1.89. The van der Waals surface area contributed by atoms with Crippen molar-refractivity contribution in [3.63, 3.8) is 0 Å². The van der Waals surface area contributed by atoms with Gasteiger partial charge in [0.25, 0.3) is 0 Å². The highest BCUT2D eigenvalue weighted by atomic mass is 16.4. The second-order valence-electron chi connectivity index (χ2n) is 7.22. The minimum atomic E-state index is -0.935. The van der Waals surface area contributed by atoms with Crippen LogP contribution in [0.15, 0.2) is 0 Å². The molecule has 2 amide bonds. The summed E-state index contributed by atoms with van der Waals surface area (Å²) in [4.78, 5) is 24.7. The van der Waals surface area contributed by atoms with E-state index in [4.69, 9.17) is 5.11 Å².